The molecule has 6 nitrogen and oxygen atoms in total. The zero-order valence-electron chi connectivity index (χ0n) is 29.9. The van der Waals surface area contributed by atoms with Crippen molar-refractivity contribution in [3.05, 3.63) is 198 Å². The van der Waals surface area contributed by atoms with Gasteiger partial charge in [0.2, 0.25) is 0 Å². The fourth-order valence-electron chi connectivity index (χ4n) is 7.26. The average molecular weight is 699 g/mol. The van der Waals surface area contributed by atoms with Crippen LogP contribution in [-0.4, -0.2) is 21.2 Å². The molecule has 0 saturated heterocycles. The van der Waals surface area contributed by atoms with E-state index in [2.05, 4.69) is 126 Å². The number of benzene rings is 7. The van der Waals surface area contributed by atoms with Crippen LogP contribution in [-0.2, 0) is 6.42 Å². The Morgan fingerprint density at radius 2 is 1.13 bits per heavy atom. The Kier molecular flexibility index (Phi) is 8.61. The fourth-order valence-corrected chi connectivity index (χ4v) is 7.26. The van der Waals surface area contributed by atoms with Gasteiger partial charge >= 0.3 is 0 Å². The molecule has 0 bridgehead atoms. The number of aromatic nitrogens is 2. The minimum atomic E-state index is -0.375. The summed E-state index contributed by atoms with van der Waals surface area (Å²) in [7, 11) is 0. The van der Waals surface area contributed by atoms with Gasteiger partial charge in [0.05, 0.1) is 11.0 Å². The molecule has 6 heteroatoms. The van der Waals surface area contributed by atoms with Crippen molar-refractivity contribution >= 4 is 28.4 Å². The molecule has 7 aromatic carbocycles. The van der Waals surface area contributed by atoms with Crippen LogP contribution in [0.1, 0.15) is 35.6 Å². The van der Waals surface area contributed by atoms with Crippen molar-refractivity contribution in [3.63, 3.8) is 0 Å². The van der Waals surface area contributed by atoms with E-state index < -0.39 is 0 Å². The van der Waals surface area contributed by atoms with Crippen LogP contribution in [0.15, 0.2) is 186 Å². The Morgan fingerprint density at radius 1 is 0.556 bits per heavy atom. The van der Waals surface area contributed by atoms with Crippen LogP contribution in [0.3, 0.4) is 0 Å². The Labute approximate surface area is 315 Å². The Hall–Kier alpha value is -7.05. The average Bonchev–Trinajstić information content (AvgIpc) is 3.63. The maximum Gasteiger partial charge on any atom is 0.159 e. The molecule has 1 aromatic heterocycles. The number of nitrogen functional groups attached to an aromatic ring is 1. The van der Waals surface area contributed by atoms with Gasteiger partial charge in [0.1, 0.15) is 17.8 Å². The first-order valence-electron chi connectivity index (χ1n) is 18.3. The van der Waals surface area contributed by atoms with E-state index in [1.807, 2.05) is 66.7 Å². The number of rotatable bonds is 8. The molecule has 1 aliphatic rings. The molecule has 0 radical (unpaired) electrons. The first-order valence-corrected chi connectivity index (χ1v) is 18.3. The summed E-state index contributed by atoms with van der Waals surface area (Å²) < 4.78 is 2.28. The van der Waals surface area contributed by atoms with Gasteiger partial charge in [0, 0.05) is 28.9 Å². The lowest BCUT2D eigenvalue weighted by molar-refractivity contribution is 0.675. The van der Waals surface area contributed by atoms with Gasteiger partial charge in [0.15, 0.2) is 5.84 Å². The summed E-state index contributed by atoms with van der Waals surface area (Å²) in [4.78, 5) is 14.9. The predicted octanol–water partition coefficient (Wildman–Crippen LogP) is 10.7. The van der Waals surface area contributed by atoms with Gasteiger partial charge < -0.3 is 11.1 Å². The van der Waals surface area contributed by atoms with Crippen molar-refractivity contribution in [3.8, 4) is 39.1 Å². The first kappa shape index (κ1) is 32.8. The molecule has 0 aliphatic carbocycles. The summed E-state index contributed by atoms with van der Waals surface area (Å²) in [5.74, 6) is 2.50. The van der Waals surface area contributed by atoms with Gasteiger partial charge in [-0.3, -0.25) is 4.57 Å². The number of nitrogens with one attached hydrogen (secondary N) is 1. The number of hydrogen-bond acceptors (Lipinski definition) is 5. The smallest absolute Gasteiger partial charge is 0.159 e. The second-order valence-electron chi connectivity index (χ2n) is 13.5. The normalized spacial score (nSPS) is 14.0. The number of fused-ring (bicyclic) bond motifs is 1. The third-order valence-electron chi connectivity index (χ3n) is 9.89. The molecule has 1 unspecified atom stereocenters. The lowest BCUT2D eigenvalue weighted by Crippen LogP contribution is -2.33. The van der Waals surface area contributed by atoms with Crippen LogP contribution in [0, 0.1) is 0 Å². The van der Waals surface area contributed by atoms with Gasteiger partial charge in [-0.2, -0.15) is 0 Å². The Bertz CT molecular complexity index is 2690. The van der Waals surface area contributed by atoms with Crippen LogP contribution < -0.4 is 11.1 Å². The highest BCUT2D eigenvalue weighted by atomic mass is 15.2. The summed E-state index contributed by atoms with van der Waals surface area (Å²) in [6, 6.07) is 61.0. The molecule has 1 atom stereocenters. The van der Waals surface area contributed by atoms with Crippen molar-refractivity contribution in [1.82, 2.24) is 14.9 Å². The number of hydrogen-bond donors (Lipinski definition) is 2. The van der Waals surface area contributed by atoms with E-state index in [4.69, 9.17) is 20.7 Å². The molecule has 0 fully saturated rings. The first-order chi connectivity index (χ1) is 26.6. The van der Waals surface area contributed by atoms with Crippen LogP contribution in [0.5, 0.6) is 0 Å². The SMILES string of the molecule is CCc1nc2ccccc2n1-c1cccc(-c2cccc(-c3cccc(-c4cc(N)cc(C5N=C(c6ccccc6)N=C(c6ccccc6)N5)c4)c3)c2)c1. The van der Waals surface area contributed by atoms with Crippen molar-refractivity contribution in [1.29, 1.82) is 0 Å². The monoisotopic (exact) mass is 698 g/mol. The van der Waals surface area contributed by atoms with E-state index >= 15 is 0 Å². The van der Waals surface area contributed by atoms with Crippen LogP contribution in [0.2, 0.25) is 0 Å². The molecule has 0 saturated carbocycles. The minimum Gasteiger partial charge on any atom is -0.399 e. The van der Waals surface area contributed by atoms with Gasteiger partial charge in [-0.05, 0) is 93.5 Å². The Balaban J connectivity index is 1.04. The van der Waals surface area contributed by atoms with Crippen LogP contribution in [0.25, 0.3) is 50.1 Å². The maximum atomic E-state index is 6.61. The van der Waals surface area contributed by atoms with Crippen LogP contribution >= 0.6 is 0 Å². The topological polar surface area (TPSA) is 80.6 Å². The lowest BCUT2D eigenvalue weighted by atomic mass is 9.95. The van der Waals surface area contributed by atoms with E-state index in [0.29, 0.717) is 11.5 Å². The molecular weight excluding hydrogens is 661 g/mol. The molecule has 3 N–H and O–H groups in total. The number of imidazole rings is 1. The summed E-state index contributed by atoms with van der Waals surface area (Å²) >= 11 is 0. The molecule has 0 amide bonds. The summed E-state index contributed by atoms with van der Waals surface area (Å²) in [6.45, 7) is 2.16. The largest absolute Gasteiger partial charge is 0.399 e. The molecule has 8 aromatic rings. The van der Waals surface area contributed by atoms with Crippen molar-refractivity contribution < 1.29 is 0 Å². The Morgan fingerprint density at radius 3 is 1.81 bits per heavy atom. The summed E-state index contributed by atoms with van der Waals surface area (Å²) in [5, 5.41) is 3.58. The predicted molar refractivity (Wildman–Crippen MR) is 223 cm³/mol. The third-order valence-corrected chi connectivity index (χ3v) is 9.89. The fraction of sp³-hybridized carbons (Fsp3) is 0.0625. The van der Waals surface area contributed by atoms with Gasteiger partial charge in [0.25, 0.3) is 0 Å². The van der Waals surface area contributed by atoms with Crippen molar-refractivity contribution in [2.45, 2.75) is 19.5 Å². The van der Waals surface area contributed by atoms with E-state index in [-0.39, 0.29) is 6.17 Å². The van der Waals surface area contributed by atoms with Gasteiger partial charge in [-0.25, -0.2) is 15.0 Å². The molecular formula is C48H38N6. The van der Waals surface area contributed by atoms with E-state index in [9.17, 15) is 0 Å². The number of aliphatic imine (C=N–C) groups is 2. The highest BCUT2D eigenvalue weighted by Crippen LogP contribution is 2.34. The van der Waals surface area contributed by atoms with Crippen molar-refractivity contribution in [2.24, 2.45) is 9.98 Å². The van der Waals surface area contributed by atoms with Gasteiger partial charge in [-0.15, -0.1) is 0 Å². The highest BCUT2D eigenvalue weighted by molar-refractivity contribution is 6.13. The van der Waals surface area contributed by atoms with E-state index in [1.54, 1.807) is 0 Å². The minimum absolute atomic E-state index is 0.375. The number of amidine groups is 2. The lowest BCUT2D eigenvalue weighted by Gasteiger charge is -2.24. The third kappa shape index (κ3) is 6.46. The number of aryl methyl sites for hydroxylation is 1. The van der Waals surface area contributed by atoms with E-state index in [1.165, 1.54) is 0 Å². The number of anilines is 1. The number of para-hydroxylation sites is 2. The molecule has 260 valence electrons. The number of nitrogens with two attached hydrogens (primary N) is 1. The standard InChI is InChI=1S/C48H38N6/c1-2-45-50-43-24-9-10-25-44(43)54(45)42-23-13-22-38(31-42)36-20-11-18-34(26-36)35-19-12-21-37(27-35)39-28-40(30-41(49)29-39)48-52-46(32-14-5-3-6-15-32)51-47(53-48)33-16-7-4-8-17-33/h3-31,48H,2,49H2,1H3,(H,51,52,53). The van der Waals surface area contributed by atoms with E-state index in [0.717, 1.165) is 84.9 Å². The van der Waals surface area contributed by atoms with Crippen molar-refractivity contribution in [2.75, 3.05) is 5.73 Å². The molecule has 0 spiro atoms. The van der Waals surface area contributed by atoms with Crippen LogP contribution in [0.4, 0.5) is 5.69 Å². The molecule has 9 rings (SSSR count). The second kappa shape index (κ2) is 14.2. The van der Waals surface area contributed by atoms with Gasteiger partial charge in [-0.1, -0.05) is 128 Å². The summed E-state index contributed by atoms with van der Waals surface area (Å²) in [6.07, 6.45) is 0.473. The molecule has 2 heterocycles. The second-order valence-corrected chi connectivity index (χ2v) is 13.5. The zero-order chi connectivity index (χ0) is 36.4. The zero-order valence-corrected chi connectivity index (χ0v) is 29.9. The number of nitrogens with zero attached hydrogens (tertiary/aromatic N) is 4. The highest BCUT2D eigenvalue weighted by Gasteiger charge is 2.22. The summed E-state index contributed by atoms with van der Waals surface area (Å²) in [5.41, 5.74) is 20.1. The maximum absolute atomic E-state index is 6.61. The quantitative estimate of drug-likeness (QED) is 0.155. The molecule has 54 heavy (non-hydrogen) atoms. The molecule has 1 aliphatic heterocycles.